The minimum Gasteiger partial charge on any atom is -0.490 e. The van der Waals surface area contributed by atoms with Crippen LogP contribution in [0.5, 0.6) is 5.75 Å². The smallest absolute Gasteiger partial charge is 0.261 e. The molecule has 0 aromatic heterocycles. The summed E-state index contributed by atoms with van der Waals surface area (Å²) in [6.07, 6.45) is 1.06. The van der Waals surface area contributed by atoms with Crippen molar-refractivity contribution < 1.29 is 13.2 Å². The lowest BCUT2D eigenvalue weighted by Gasteiger charge is -2.28. The van der Waals surface area contributed by atoms with Crippen LogP contribution in [0.2, 0.25) is 0 Å². The molecule has 0 amide bonds. The van der Waals surface area contributed by atoms with Gasteiger partial charge in [0.1, 0.15) is 5.75 Å². The molecule has 2 atom stereocenters. The first-order chi connectivity index (χ1) is 7.38. The SMILES string of the molecule is CC1CC(C)c2cc(S(=O)(=O)Cl)ccc2O1. The largest absolute Gasteiger partial charge is 0.490 e. The third-order valence-corrected chi connectivity index (χ3v) is 4.16. The highest BCUT2D eigenvalue weighted by Crippen LogP contribution is 2.37. The third kappa shape index (κ3) is 2.18. The molecule has 1 heterocycles. The summed E-state index contributed by atoms with van der Waals surface area (Å²) in [7, 11) is 1.65. The second kappa shape index (κ2) is 3.93. The normalized spacial score (nSPS) is 24.7. The molecule has 1 aliphatic rings. The summed E-state index contributed by atoms with van der Waals surface area (Å²) in [5, 5.41) is 0. The lowest BCUT2D eigenvalue weighted by Crippen LogP contribution is -2.21. The highest BCUT2D eigenvalue weighted by atomic mass is 35.7. The van der Waals surface area contributed by atoms with Crippen molar-refractivity contribution in [3.8, 4) is 5.75 Å². The van der Waals surface area contributed by atoms with Crippen LogP contribution >= 0.6 is 10.7 Å². The quantitative estimate of drug-likeness (QED) is 0.730. The summed E-state index contributed by atoms with van der Waals surface area (Å²) < 4.78 is 28.1. The van der Waals surface area contributed by atoms with Crippen LogP contribution in [-0.4, -0.2) is 14.5 Å². The van der Waals surface area contributed by atoms with Gasteiger partial charge in [-0.2, -0.15) is 0 Å². The van der Waals surface area contributed by atoms with E-state index in [2.05, 4.69) is 6.92 Å². The second-order valence-electron chi connectivity index (χ2n) is 4.20. The van der Waals surface area contributed by atoms with E-state index in [-0.39, 0.29) is 16.9 Å². The molecule has 0 N–H and O–H groups in total. The Labute approximate surface area is 99.8 Å². The van der Waals surface area contributed by atoms with Crippen LogP contribution < -0.4 is 4.74 Å². The molecule has 88 valence electrons. The first-order valence-corrected chi connectivity index (χ1v) is 7.44. The van der Waals surface area contributed by atoms with Crippen molar-refractivity contribution in [3.05, 3.63) is 23.8 Å². The summed E-state index contributed by atoms with van der Waals surface area (Å²) in [6, 6.07) is 4.76. The molecule has 2 unspecified atom stereocenters. The fourth-order valence-electron chi connectivity index (χ4n) is 2.06. The maximum atomic E-state index is 11.2. The maximum absolute atomic E-state index is 11.2. The van der Waals surface area contributed by atoms with Gasteiger partial charge in [-0.3, -0.25) is 0 Å². The second-order valence-corrected chi connectivity index (χ2v) is 6.77. The van der Waals surface area contributed by atoms with Crippen molar-refractivity contribution in [1.82, 2.24) is 0 Å². The Balaban J connectivity index is 2.51. The molecule has 16 heavy (non-hydrogen) atoms. The Hall–Kier alpha value is -0.740. The van der Waals surface area contributed by atoms with Crippen molar-refractivity contribution in [2.45, 2.75) is 37.2 Å². The van der Waals surface area contributed by atoms with Crippen molar-refractivity contribution in [2.24, 2.45) is 0 Å². The van der Waals surface area contributed by atoms with Gasteiger partial charge in [0.25, 0.3) is 9.05 Å². The predicted molar refractivity (Wildman–Crippen MR) is 62.6 cm³/mol. The van der Waals surface area contributed by atoms with E-state index in [9.17, 15) is 8.42 Å². The van der Waals surface area contributed by atoms with Crippen LogP contribution in [0, 0.1) is 0 Å². The molecule has 3 nitrogen and oxygen atoms in total. The average molecular weight is 261 g/mol. The Morgan fingerprint density at radius 2 is 2.06 bits per heavy atom. The third-order valence-electron chi connectivity index (χ3n) is 2.81. The van der Waals surface area contributed by atoms with E-state index < -0.39 is 9.05 Å². The minimum atomic E-state index is -3.66. The Kier molecular flexibility index (Phi) is 2.88. The summed E-state index contributed by atoms with van der Waals surface area (Å²) in [6.45, 7) is 4.06. The van der Waals surface area contributed by atoms with E-state index in [1.807, 2.05) is 6.92 Å². The number of rotatable bonds is 1. The van der Waals surface area contributed by atoms with Gasteiger partial charge in [0.15, 0.2) is 0 Å². The van der Waals surface area contributed by atoms with Gasteiger partial charge in [-0.15, -0.1) is 0 Å². The van der Waals surface area contributed by atoms with Crippen LogP contribution in [0.15, 0.2) is 23.1 Å². The number of fused-ring (bicyclic) bond motifs is 1. The summed E-state index contributed by atoms with van der Waals surface area (Å²) in [5.41, 5.74) is 0.917. The Bertz CT molecular complexity index is 510. The molecule has 0 fully saturated rings. The predicted octanol–water partition coefficient (Wildman–Crippen LogP) is 2.89. The van der Waals surface area contributed by atoms with Crippen molar-refractivity contribution >= 4 is 19.7 Å². The molecular formula is C11H13ClO3S. The minimum absolute atomic E-state index is 0.137. The zero-order valence-corrected chi connectivity index (χ0v) is 10.7. The van der Waals surface area contributed by atoms with Crippen molar-refractivity contribution in [1.29, 1.82) is 0 Å². The summed E-state index contributed by atoms with van der Waals surface area (Å²) in [5.74, 6) is 1.05. The van der Waals surface area contributed by atoms with E-state index in [4.69, 9.17) is 15.4 Å². The van der Waals surface area contributed by atoms with Crippen LogP contribution in [0.3, 0.4) is 0 Å². The molecule has 0 spiro atoms. The van der Waals surface area contributed by atoms with Gasteiger partial charge >= 0.3 is 0 Å². The number of halogens is 1. The molecule has 0 saturated heterocycles. The van der Waals surface area contributed by atoms with Crippen molar-refractivity contribution in [2.75, 3.05) is 0 Å². The molecule has 2 rings (SSSR count). The Morgan fingerprint density at radius 1 is 1.38 bits per heavy atom. The monoisotopic (exact) mass is 260 g/mol. The number of ether oxygens (including phenoxy) is 1. The molecule has 0 saturated carbocycles. The van der Waals surface area contributed by atoms with Crippen LogP contribution in [0.1, 0.15) is 31.7 Å². The van der Waals surface area contributed by atoms with Crippen molar-refractivity contribution in [3.63, 3.8) is 0 Å². The van der Waals surface area contributed by atoms with E-state index >= 15 is 0 Å². The Morgan fingerprint density at radius 3 is 2.69 bits per heavy atom. The topological polar surface area (TPSA) is 43.4 Å². The van der Waals surface area contributed by atoms with Gasteiger partial charge in [-0.05, 0) is 43.0 Å². The van der Waals surface area contributed by atoms with Gasteiger partial charge in [0, 0.05) is 10.7 Å². The van der Waals surface area contributed by atoms with Crippen LogP contribution in [-0.2, 0) is 9.05 Å². The molecule has 1 aromatic carbocycles. The standard InChI is InChI=1S/C11H13ClO3S/c1-7-5-8(2)15-11-4-3-9(6-10(7)11)16(12,13)14/h3-4,6-8H,5H2,1-2H3. The zero-order chi connectivity index (χ0) is 11.9. The van der Waals surface area contributed by atoms with Gasteiger partial charge < -0.3 is 4.74 Å². The summed E-state index contributed by atoms with van der Waals surface area (Å²) >= 11 is 0. The number of hydrogen-bond donors (Lipinski definition) is 0. The van der Waals surface area contributed by atoms with E-state index in [0.29, 0.717) is 0 Å². The van der Waals surface area contributed by atoms with E-state index in [0.717, 1.165) is 17.7 Å². The van der Waals surface area contributed by atoms with E-state index in [1.165, 1.54) is 6.07 Å². The lowest BCUT2D eigenvalue weighted by molar-refractivity contribution is 0.179. The molecule has 5 heteroatoms. The number of benzene rings is 1. The van der Waals surface area contributed by atoms with Crippen LogP contribution in [0.4, 0.5) is 0 Å². The molecule has 0 aliphatic carbocycles. The number of hydrogen-bond acceptors (Lipinski definition) is 3. The molecule has 0 radical (unpaired) electrons. The zero-order valence-electron chi connectivity index (χ0n) is 9.10. The van der Waals surface area contributed by atoms with Gasteiger partial charge in [-0.25, -0.2) is 8.42 Å². The average Bonchev–Trinajstić information content (AvgIpc) is 2.15. The fourth-order valence-corrected chi connectivity index (χ4v) is 2.85. The first kappa shape index (κ1) is 11.7. The molecule has 1 aromatic rings. The highest BCUT2D eigenvalue weighted by Gasteiger charge is 2.24. The van der Waals surface area contributed by atoms with Gasteiger partial charge in [0.2, 0.25) is 0 Å². The maximum Gasteiger partial charge on any atom is 0.261 e. The van der Waals surface area contributed by atoms with E-state index in [1.54, 1.807) is 12.1 Å². The highest BCUT2D eigenvalue weighted by molar-refractivity contribution is 8.13. The first-order valence-electron chi connectivity index (χ1n) is 5.13. The lowest BCUT2D eigenvalue weighted by atomic mass is 9.92. The van der Waals surface area contributed by atoms with Crippen LogP contribution in [0.25, 0.3) is 0 Å². The molecule has 1 aliphatic heterocycles. The molecular weight excluding hydrogens is 248 g/mol. The summed E-state index contributed by atoms with van der Waals surface area (Å²) in [4.78, 5) is 0.137. The molecule has 0 bridgehead atoms. The fraction of sp³-hybridized carbons (Fsp3) is 0.455. The van der Waals surface area contributed by atoms with Gasteiger partial charge in [-0.1, -0.05) is 6.92 Å². The van der Waals surface area contributed by atoms with Gasteiger partial charge in [0.05, 0.1) is 11.0 Å².